The fraction of sp³-hybridized carbons (Fsp3) is 0.353. The SMILES string of the molecule is CCOC(=O)C1=C(N)Oc2ccc(Cl)cc2[C@@H]1[C@H](C#N)C(=O)OCC. The lowest BCUT2D eigenvalue weighted by atomic mass is 9.79. The summed E-state index contributed by atoms with van der Waals surface area (Å²) in [6.45, 7) is 3.45. The molecule has 2 N–H and O–H groups in total. The van der Waals surface area contributed by atoms with Gasteiger partial charge in [-0.25, -0.2) is 4.79 Å². The lowest BCUT2D eigenvalue weighted by Crippen LogP contribution is -2.33. The zero-order valence-electron chi connectivity index (χ0n) is 13.7. The van der Waals surface area contributed by atoms with E-state index in [-0.39, 0.29) is 24.7 Å². The van der Waals surface area contributed by atoms with E-state index in [9.17, 15) is 14.9 Å². The highest BCUT2D eigenvalue weighted by Gasteiger charge is 2.43. The normalized spacial score (nSPS) is 17.0. The van der Waals surface area contributed by atoms with Crippen molar-refractivity contribution in [2.75, 3.05) is 13.2 Å². The molecule has 8 heteroatoms. The van der Waals surface area contributed by atoms with Gasteiger partial charge in [-0.05, 0) is 32.0 Å². The number of nitriles is 1. The largest absolute Gasteiger partial charge is 0.465 e. The van der Waals surface area contributed by atoms with Crippen LogP contribution in [0.2, 0.25) is 5.02 Å². The van der Waals surface area contributed by atoms with Crippen LogP contribution in [0.15, 0.2) is 29.7 Å². The van der Waals surface area contributed by atoms with Crippen molar-refractivity contribution in [2.45, 2.75) is 19.8 Å². The molecule has 0 aliphatic carbocycles. The summed E-state index contributed by atoms with van der Waals surface area (Å²) in [6.07, 6.45) is 0. The maximum atomic E-state index is 12.4. The molecule has 1 aliphatic heterocycles. The second-order valence-electron chi connectivity index (χ2n) is 5.12. The number of nitrogens with zero attached hydrogens (tertiary/aromatic N) is 1. The fourth-order valence-corrected chi connectivity index (χ4v) is 2.80. The highest BCUT2D eigenvalue weighted by molar-refractivity contribution is 6.30. The monoisotopic (exact) mass is 364 g/mol. The van der Waals surface area contributed by atoms with Crippen LogP contribution in [0.5, 0.6) is 5.75 Å². The number of halogens is 1. The molecule has 1 aromatic rings. The van der Waals surface area contributed by atoms with Gasteiger partial charge >= 0.3 is 11.9 Å². The Morgan fingerprint density at radius 2 is 2.04 bits per heavy atom. The summed E-state index contributed by atoms with van der Waals surface area (Å²) in [6, 6.07) is 6.55. The predicted octanol–water partition coefficient (Wildman–Crippen LogP) is 2.25. The number of nitrogens with two attached hydrogens (primary N) is 1. The summed E-state index contributed by atoms with van der Waals surface area (Å²) < 4.78 is 15.4. The quantitative estimate of drug-likeness (QED) is 0.797. The van der Waals surface area contributed by atoms with Gasteiger partial charge in [0.15, 0.2) is 5.92 Å². The minimum Gasteiger partial charge on any atom is -0.465 e. The maximum Gasteiger partial charge on any atom is 0.340 e. The minimum atomic E-state index is -1.31. The standard InChI is InChI=1S/C17H17ClN2O5/c1-3-23-16(21)11(8-19)13-10-7-9(18)5-6-12(10)25-15(20)14(13)17(22)24-4-2/h5-7,11,13H,3-4,20H2,1-2H3/t11-,13+/m0/s1. The molecule has 0 aromatic heterocycles. The number of carbonyl (C=O) groups excluding carboxylic acids is 2. The second kappa shape index (κ2) is 7.90. The van der Waals surface area contributed by atoms with E-state index in [0.29, 0.717) is 16.3 Å². The molecule has 0 radical (unpaired) electrons. The summed E-state index contributed by atoms with van der Waals surface area (Å²) in [5.74, 6) is -3.76. The summed E-state index contributed by atoms with van der Waals surface area (Å²) in [4.78, 5) is 24.6. The highest BCUT2D eigenvalue weighted by atomic mass is 35.5. The van der Waals surface area contributed by atoms with Gasteiger partial charge in [0.2, 0.25) is 5.88 Å². The maximum absolute atomic E-state index is 12.4. The Labute approximate surface area is 149 Å². The molecule has 0 saturated heterocycles. The van der Waals surface area contributed by atoms with Crippen LogP contribution in [0.3, 0.4) is 0 Å². The molecule has 0 fully saturated rings. The number of esters is 2. The zero-order chi connectivity index (χ0) is 18.6. The molecule has 7 nitrogen and oxygen atoms in total. The highest BCUT2D eigenvalue weighted by Crippen LogP contribution is 2.44. The summed E-state index contributed by atoms with van der Waals surface area (Å²) >= 11 is 6.04. The molecule has 132 valence electrons. The van der Waals surface area contributed by atoms with Crippen molar-refractivity contribution in [1.82, 2.24) is 0 Å². The second-order valence-corrected chi connectivity index (χ2v) is 5.56. The molecule has 1 heterocycles. The molecule has 0 saturated carbocycles. The zero-order valence-corrected chi connectivity index (χ0v) is 14.5. The summed E-state index contributed by atoms with van der Waals surface area (Å²) in [5.41, 5.74) is 6.17. The number of ether oxygens (including phenoxy) is 3. The van der Waals surface area contributed by atoms with Crippen LogP contribution in [0, 0.1) is 17.2 Å². The molecular formula is C17H17ClN2O5. The lowest BCUT2D eigenvalue weighted by Gasteiger charge is -2.29. The number of rotatable bonds is 5. The molecule has 0 amide bonds. The Hall–Kier alpha value is -2.72. The van der Waals surface area contributed by atoms with E-state index in [0.717, 1.165) is 0 Å². The van der Waals surface area contributed by atoms with E-state index >= 15 is 0 Å². The first-order valence-corrected chi connectivity index (χ1v) is 8.02. The van der Waals surface area contributed by atoms with Crippen molar-refractivity contribution >= 4 is 23.5 Å². The van der Waals surface area contributed by atoms with Crippen LogP contribution in [-0.2, 0) is 19.1 Å². The number of hydrogen-bond donors (Lipinski definition) is 1. The van der Waals surface area contributed by atoms with Crippen molar-refractivity contribution in [3.05, 3.63) is 40.2 Å². The summed E-state index contributed by atoms with van der Waals surface area (Å²) in [5, 5.41) is 9.90. The van der Waals surface area contributed by atoms with Crippen LogP contribution in [0.25, 0.3) is 0 Å². The first kappa shape index (κ1) is 18.6. The van der Waals surface area contributed by atoms with Crippen LogP contribution in [0.1, 0.15) is 25.3 Å². The first-order valence-electron chi connectivity index (χ1n) is 7.64. The van der Waals surface area contributed by atoms with Crippen LogP contribution < -0.4 is 10.5 Å². The van der Waals surface area contributed by atoms with E-state index in [4.69, 9.17) is 31.5 Å². The third-order valence-corrected chi connectivity index (χ3v) is 3.85. The molecule has 1 aromatic carbocycles. The van der Waals surface area contributed by atoms with Gasteiger partial charge in [-0.3, -0.25) is 4.79 Å². The van der Waals surface area contributed by atoms with Gasteiger partial charge in [0.05, 0.1) is 25.2 Å². The van der Waals surface area contributed by atoms with E-state index in [1.165, 1.54) is 6.07 Å². The van der Waals surface area contributed by atoms with E-state index in [2.05, 4.69) is 0 Å². The van der Waals surface area contributed by atoms with Gasteiger partial charge in [0, 0.05) is 10.6 Å². The Balaban J connectivity index is 2.63. The smallest absolute Gasteiger partial charge is 0.340 e. The van der Waals surface area contributed by atoms with Crippen LogP contribution in [0.4, 0.5) is 0 Å². The average Bonchev–Trinajstić information content (AvgIpc) is 2.56. The van der Waals surface area contributed by atoms with Crippen molar-refractivity contribution in [3.8, 4) is 11.8 Å². The Kier molecular flexibility index (Phi) is 5.88. The average molecular weight is 365 g/mol. The van der Waals surface area contributed by atoms with Gasteiger partial charge in [-0.1, -0.05) is 11.6 Å². The molecule has 0 unspecified atom stereocenters. The van der Waals surface area contributed by atoms with Crippen molar-refractivity contribution in [1.29, 1.82) is 5.26 Å². The topological polar surface area (TPSA) is 112 Å². The molecule has 2 atom stereocenters. The minimum absolute atomic E-state index is 0.0938. The molecule has 1 aliphatic rings. The molecular weight excluding hydrogens is 348 g/mol. The van der Waals surface area contributed by atoms with Crippen LogP contribution in [-0.4, -0.2) is 25.2 Å². The molecule has 25 heavy (non-hydrogen) atoms. The van der Waals surface area contributed by atoms with E-state index in [1.54, 1.807) is 26.0 Å². The van der Waals surface area contributed by atoms with Crippen LogP contribution >= 0.6 is 11.6 Å². The van der Waals surface area contributed by atoms with Crippen molar-refractivity contribution in [2.24, 2.45) is 11.7 Å². The Bertz CT molecular complexity index is 769. The number of benzene rings is 1. The van der Waals surface area contributed by atoms with Gasteiger partial charge in [-0.15, -0.1) is 0 Å². The fourth-order valence-electron chi connectivity index (χ4n) is 2.62. The summed E-state index contributed by atoms with van der Waals surface area (Å²) in [7, 11) is 0. The van der Waals surface area contributed by atoms with Crippen molar-refractivity contribution in [3.63, 3.8) is 0 Å². The number of fused-ring (bicyclic) bond motifs is 1. The predicted molar refractivity (Wildman–Crippen MR) is 88.4 cm³/mol. The van der Waals surface area contributed by atoms with E-state index < -0.39 is 23.8 Å². The Morgan fingerprint density at radius 1 is 1.36 bits per heavy atom. The third-order valence-electron chi connectivity index (χ3n) is 3.61. The molecule has 2 rings (SSSR count). The van der Waals surface area contributed by atoms with E-state index in [1.807, 2.05) is 6.07 Å². The van der Waals surface area contributed by atoms with Crippen molar-refractivity contribution < 1.29 is 23.8 Å². The Morgan fingerprint density at radius 3 is 2.64 bits per heavy atom. The van der Waals surface area contributed by atoms with Gasteiger partial charge in [-0.2, -0.15) is 5.26 Å². The molecule has 0 bridgehead atoms. The van der Waals surface area contributed by atoms with Gasteiger partial charge in [0.1, 0.15) is 11.3 Å². The number of carbonyl (C=O) groups is 2. The third kappa shape index (κ3) is 3.69. The molecule has 0 spiro atoms. The first-order chi connectivity index (χ1) is 11.9. The number of hydrogen-bond acceptors (Lipinski definition) is 7. The van der Waals surface area contributed by atoms with Gasteiger partial charge in [0.25, 0.3) is 0 Å². The van der Waals surface area contributed by atoms with Gasteiger partial charge < -0.3 is 19.9 Å². The lowest BCUT2D eigenvalue weighted by molar-refractivity contribution is -0.146.